The Bertz CT molecular complexity index is 603. The topological polar surface area (TPSA) is 12.0 Å². The van der Waals surface area contributed by atoms with Crippen molar-refractivity contribution in [1.82, 2.24) is 0 Å². The molecule has 2 aromatic rings. The van der Waals surface area contributed by atoms with E-state index < -0.39 is 11.7 Å². The minimum atomic E-state index is -4.36. The largest absolute Gasteiger partial charge is 0.417 e. The van der Waals surface area contributed by atoms with Crippen molar-refractivity contribution in [2.45, 2.75) is 6.18 Å². The molecular formula is C16H14F3N. The van der Waals surface area contributed by atoms with E-state index in [4.69, 9.17) is 0 Å². The van der Waals surface area contributed by atoms with Gasteiger partial charge in [-0.1, -0.05) is 36.4 Å². The van der Waals surface area contributed by atoms with Crippen molar-refractivity contribution in [1.29, 1.82) is 0 Å². The lowest BCUT2D eigenvalue weighted by Crippen LogP contribution is -2.07. The van der Waals surface area contributed by atoms with E-state index in [-0.39, 0.29) is 5.56 Å². The molecule has 0 radical (unpaired) electrons. The normalized spacial score (nSPS) is 11.2. The van der Waals surface area contributed by atoms with Gasteiger partial charge in [-0.05, 0) is 29.3 Å². The quantitative estimate of drug-likeness (QED) is 0.778. The molecule has 0 atom stereocenters. The summed E-state index contributed by atoms with van der Waals surface area (Å²) >= 11 is 0. The van der Waals surface area contributed by atoms with Gasteiger partial charge in [-0.2, -0.15) is 13.2 Å². The van der Waals surface area contributed by atoms with E-state index in [0.29, 0.717) is 12.1 Å². The second kappa shape index (κ2) is 5.82. The molecule has 0 amide bonds. The maximum Gasteiger partial charge on any atom is 0.417 e. The van der Waals surface area contributed by atoms with Crippen molar-refractivity contribution >= 4 is 5.69 Å². The van der Waals surface area contributed by atoms with Crippen LogP contribution in [0.15, 0.2) is 61.2 Å². The lowest BCUT2D eigenvalue weighted by molar-refractivity contribution is -0.137. The van der Waals surface area contributed by atoms with Gasteiger partial charge >= 0.3 is 6.18 Å². The molecule has 0 fully saturated rings. The van der Waals surface area contributed by atoms with E-state index in [9.17, 15) is 13.2 Å². The van der Waals surface area contributed by atoms with Crippen LogP contribution in [0.4, 0.5) is 18.9 Å². The number of benzene rings is 2. The maximum atomic E-state index is 13.0. The van der Waals surface area contributed by atoms with E-state index in [0.717, 1.165) is 11.8 Å². The summed E-state index contributed by atoms with van der Waals surface area (Å²) in [7, 11) is 0. The van der Waals surface area contributed by atoms with Crippen LogP contribution in [0.3, 0.4) is 0 Å². The highest BCUT2D eigenvalue weighted by molar-refractivity contribution is 5.71. The van der Waals surface area contributed by atoms with Crippen molar-refractivity contribution in [2.24, 2.45) is 0 Å². The van der Waals surface area contributed by atoms with Crippen LogP contribution in [0.25, 0.3) is 11.1 Å². The molecule has 0 heterocycles. The predicted molar refractivity (Wildman–Crippen MR) is 75.6 cm³/mol. The first-order valence-electron chi connectivity index (χ1n) is 6.14. The summed E-state index contributed by atoms with van der Waals surface area (Å²) in [6, 6.07) is 12.5. The van der Waals surface area contributed by atoms with Crippen LogP contribution in [-0.2, 0) is 6.18 Å². The summed E-state index contributed by atoms with van der Waals surface area (Å²) in [5, 5.41) is 3.06. The SMILES string of the molecule is C=CCNc1cccc(-c2ccccc2C(F)(F)F)c1. The van der Waals surface area contributed by atoms with Crippen LogP contribution in [0.5, 0.6) is 0 Å². The Morgan fingerprint density at radius 2 is 1.80 bits per heavy atom. The Balaban J connectivity index is 2.44. The first-order valence-corrected chi connectivity index (χ1v) is 6.14. The highest BCUT2D eigenvalue weighted by atomic mass is 19.4. The van der Waals surface area contributed by atoms with Gasteiger partial charge in [0.2, 0.25) is 0 Å². The fraction of sp³-hybridized carbons (Fsp3) is 0.125. The molecule has 0 saturated carbocycles. The molecule has 0 aromatic heterocycles. The summed E-state index contributed by atoms with van der Waals surface area (Å²) in [6.45, 7) is 4.15. The predicted octanol–water partition coefficient (Wildman–Crippen LogP) is 4.97. The molecular weight excluding hydrogens is 263 g/mol. The van der Waals surface area contributed by atoms with Gasteiger partial charge in [-0.15, -0.1) is 6.58 Å². The van der Waals surface area contributed by atoms with Crippen molar-refractivity contribution in [3.63, 3.8) is 0 Å². The fourth-order valence-corrected chi connectivity index (χ4v) is 1.97. The number of anilines is 1. The third-order valence-corrected chi connectivity index (χ3v) is 2.86. The van der Waals surface area contributed by atoms with Crippen LogP contribution in [0.1, 0.15) is 5.56 Å². The standard InChI is InChI=1S/C16H14F3N/c1-2-10-20-13-7-5-6-12(11-13)14-8-3-4-9-15(14)16(17,18)19/h2-9,11,20H,1,10H2. The molecule has 4 heteroatoms. The number of hydrogen-bond acceptors (Lipinski definition) is 1. The van der Waals surface area contributed by atoms with E-state index in [2.05, 4.69) is 11.9 Å². The molecule has 0 bridgehead atoms. The van der Waals surface area contributed by atoms with Gasteiger partial charge in [-0.25, -0.2) is 0 Å². The molecule has 0 unspecified atom stereocenters. The van der Waals surface area contributed by atoms with Crippen LogP contribution in [-0.4, -0.2) is 6.54 Å². The number of alkyl halides is 3. The number of nitrogens with one attached hydrogen (secondary N) is 1. The van der Waals surface area contributed by atoms with E-state index in [1.807, 2.05) is 6.07 Å². The number of hydrogen-bond donors (Lipinski definition) is 1. The zero-order valence-electron chi connectivity index (χ0n) is 10.7. The second-order valence-corrected chi connectivity index (χ2v) is 4.29. The highest BCUT2D eigenvalue weighted by Crippen LogP contribution is 2.37. The second-order valence-electron chi connectivity index (χ2n) is 4.29. The Labute approximate surface area is 115 Å². The average molecular weight is 277 g/mol. The van der Waals surface area contributed by atoms with Gasteiger partial charge in [0.15, 0.2) is 0 Å². The lowest BCUT2D eigenvalue weighted by atomic mass is 9.99. The van der Waals surface area contributed by atoms with Gasteiger partial charge < -0.3 is 5.32 Å². The van der Waals surface area contributed by atoms with Crippen LogP contribution >= 0.6 is 0 Å². The van der Waals surface area contributed by atoms with Crippen LogP contribution < -0.4 is 5.32 Å². The van der Waals surface area contributed by atoms with Crippen molar-refractivity contribution < 1.29 is 13.2 Å². The molecule has 1 N–H and O–H groups in total. The van der Waals surface area contributed by atoms with E-state index in [1.165, 1.54) is 12.1 Å². The molecule has 0 aliphatic rings. The van der Waals surface area contributed by atoms with Gasteiger partial charge in [0.1, 0.15) is 0 Å². The van der Waals surface area contributed by atoms with E-state index >= 15 is 0 Å². The molecule has 0 aliphatic carbocycles. The van der Waals surface area contributed by atoms with Gasteiger partial charge in [0, 0.05) is 12.2 Å². The summed E-state index contributed by atoms with van der Waals surface area (Å²) in [5.74, 6) is 0. The molecule has 0 aliphatic heterocycles. The minimum Gasteiger partial charge on any atom is -0.382 e. The van der Waals surface area contributed by atoms with Gasteiger partial charge in [0.05, 0.1) is 5.56 Å². The number of halogens is 3. The van der Waals surface area contributed by atoms with Crippen molar-refractivity contribution in [3.8, 4) is 11.1 Å². The number of rotatable bonds is 4. The van der Waals surface area contributed by atoms with Crippen LogP contribution in [0, 0.1) is 0 Å². The van der Waals surface area contributed by atoms with Gasteiger partial charge in [0.25, 0.3) is 0 Å². The Morgan fingerprint density at radius 1 is 1.05 bits per heavy atom. The Kier molecular flexibility index (Phi) is 4.13. The zero-order chi connectivity index (χ0) is 14.6. The van der Waals surface area contributed by atoms with Crippen LogP contribution in [0.2, 0.25) is 0 Å². The summed E-state index contributed by atoms with van der Waals surface area (Å²) in [4.78, 5) is 0. The highest BCUT2D eigenvalue weighted by Gasteiger charge is 2.33. The molecule has 20 heavy (non-hydrogen) atoms. The zero-order valence-corrected chi connectivity index (χ0v) is 10.7. The maximum absolute atomic E-state index is 13.0. The average Bonchev–Trinajstić information content (AvgIpc) is 2.44. The van der Waals surface area contributed by atoms with E-state index in [1.54, 1.807) is 30.3 Å². The monoisotopic (exact) mass is 277 g/mol. The molecule has 0 saturated heterocycles. The molecule has 1 nitrogen and oxygen atoms in total. The summed E-state index contributed by atoms with van der Waals surface area (Å²) in [6.07, 6.45) is -2.67. The smallest absolute Gasteiger partial charge is 0.382 e. The first-order chi connectivity index (χ1) is 9.52. The molecule has 0 spiro atoms. The minimum absolute atomic E-state index is 0.183. The van der Waals surface area contributed by atoms with Crippen molar-refractivity contribution in [3.05, 3.63) is 66.7 Å². The van der Waals surface area contributed by atoms with Crippen molar-refractivity contribution in [2.75, 3.05) is 11.9 Å². The Hall–Kier alpha value is -2.23. The molecule has 104 valence electrons. The fourth-order valence-electron chi connectivity index (χ4n) is 1.97. The summed E-state index contributed by atoms with van der Waals surface area (Å²) in [5.41, 5.74) is 0.856. The third kappa shape index (κ3) is 3.20. The van der Waals surface area contributed by atoms with Gasteiger partial charge in [-0.3, -0.25) is 0 Å². The summed E-state index contributed by atoms with van der Waals surface area (Å²) < 4.78 is 39.0. The first kappa shape index (κ1) is 14.2. The molecule has 2 rings (SSSR count). The Morgan fingerprint density at radius 3 is 2.50 bits per heavy atom. The lowest BCUT2D eigenvalue weighted by Gasteiger charge is -2.13. The molecule has 2 aromatic carbocycles. The third-order valence-electron chi connectivity index (χ3n) is 2.86.